The molecule has 0 unspecified atom stereocenters. The molecule has 17 heavy (non-hydrogen) atoms. The van der Waals surface area contributed by atoms with Gasteiger partial charge < -0.3 is 5.32 Å². The van der Waals surface area contributed by atoms with Gasteiger partial charge in [-0.15, -0.1) is 0 Å². The molecule has 1 amide bonds. The lowest BCUT2D eigenvalue weighted by Gasteiger charge is -2.17. The molecule has 0 aromatic heterocycles. The van der Waals surface area contributed by atoms with Crippen molar-refractivity contribution >= 4 is 34.8 Å². The smallest absolute Gasteiger partial charge is 0.244 e. The Bertz CT molecular complexity index is 504. The molecule has 1 rings (SSSR count). The molecule has 0 radical (unpaired) electrons. The van der Waals surface area contributed by atoms with Gasteiger partial charge in [0.25, 0.3) is 0 Å². The fourth-order valence-electron chi connectivity index (χ4n) is 1.09. The highest BCUT2D eigenvalue weighted by Crippen LogP contribution is 2.33. The van der Waals surface area contributed by atoms with Crippen LogP contribution in [-0.2, 0) is 4.79 Å². The molecule has 0 aliphatic heterocycles. The summed E-state index contributed by atoms with van der Waals surface area (Å²) in [7, 11) is 0. The SMILES string of the molecule is Cc1ccc(Cl)c(NC(=O)C(C)(C)C#N)c1Cl. The zero-order valence-electron chi connectivity index (χ0n) is 9.77. The van der Waals surface area contributed by atoms with Crippen LogP contribution in [0.5, 0.6) is 0 Å². The number of nitriles is 1. The van der Waals surface area contributed by atoms with Crippen LogP contribution in [0.4, 0.5) is 5.69 Å². The van der Waals surface area contributed by atoms with Gasteiger partial charge in [-0.25, -0.2) is 0 Å². The largest absolute Gasteiger partial charge is 0.322 e. The van der Waals surface area contributed by atoms with Gasteiger partial charge in [-0.05, 0) is 32.4 Å². The van der Waals surface area contributed by atoms with Gasteiger partial charge in [0.05, 0.1) is 21.8 Å². The fourth-order valence-corrected chi connectivity index (χ4v) is 1.56. The van der Waals surface area contributed by atoms with Gasteiger partial charge in [0, 0.05) is 0 Å². The molecule has 1 aromatic rings. The first-order chi connectivity index (χ1) is 7.79. The third-order valence-electron chi connectivity index (χ3n) is 2.37. The van der Waals surface area contributed by atoms with Crippen molar-refractivity contribution in [3.63, 3.8) is 0 Å². The predicted molar refractivity (Wildman–Crippen MR) is 69.2 cm³/mol. The zero-order chi connectivity index (χ0) is 13.2. The van der Waals surface area contributed by atoms with E-state index in [-0.39, 0.29) is 0 Å². The van der Waals surface area contributed by atoms with E-state index in [9.17, 15) is 4.79 Å². The molecule has 1 aromatic carbocycles. The summed E-state index contributed by atoms with van der Waals surface area (Å²) >= 11 is 12.0. The van der Waals surface area contributed by atoms with Crippen LogP contribution in [0.15, 0.2) is 12.1 Å². The highest BCUT2D eigenvalue weighted by molar-refractivity contribution is 6.40. The number of benzene rings is 1. The molecule has 0 saturated carbocycles. The number of rotatable bonds is 2. The van der Waals surface area contributed by atoms with Crippen LogP contribution in [0.3, 0.4) is 0 Å². The third kappa shape index (κ3) is 2.91. The van der Waals surface area contributed by atoms with Crippen molar-refractivity contribution in [3.8, 4) is 6.07 Å². The molecule has 3 nitrogen and oxygen atoms in total. The van der Waals surface area contributed by atoms with E-state index in [1.165, 1.54) is 13.8 Å². The molecule has 1 N–H and O–H groups in total. The second kappa shape index (κ2) is 4.95. The molecule has 0 atom stereocenters. The monoisotopic (exact) mass is 270 g/mol. The average Bonchev–Trinajstić information content (AvgIpc) is 2.29. The van der Waals surface area contributed by atoms with Crippen molar-refractivity contribution in [2.45, 2.75) is 20.8 Å². The Labute approximate surface area is 110 Å². The number of hydrogen-bond donors (Lipinski definition) is 1. The van der Waals surface area contributed by atoms with Crippen molar-refractivity contribution in [2.24, 2.45) is 5.41 Å². The first-order valence-electron chi connectivity index (χ1n) is 4.97. The van der Waals surface area contributed by atoms with Gasteiger partial charge in [0.2, 0.25) is 5.91 Å². The maximum atomic E-state index is 11.8. The van der Waals surface area contributed by atoms with E-state index in [0.29, 0.717) is 15.7 Å². The van der Waals surface area contributed by atoms with E-state index in [1.54, 1.807) is 12.1 Å². The third-order valence-corrected chi connectivity index (χ3v) is 3.17. The van der Waals surface area contributed by atoms with Gasteiger partial charge in [-0.3, -0.25) is 4.79 Å². The highest BCUT2D eigenvalue weighted by Gasteiger charge is 2.28. The Kier molecular flexibility index (Phi) is 4.03. The Morgan fingerprint density at radius 3 is 2.53 bits per heavy atom. The number of nitrogens with zero attached hydrogens (tertiary/aromatic N) is 1. The Hall–Kier alpha value is -1.24. The van der Waals surface area contributed by atoms with E-state index >= 15 is 0 Å². The minimum absolute atomic E-state index is 0.349. The van der Waals surface area contributed by atoms with Crippen LogP contribution in [0.2, 0.25) is 10.0 Å². The van der Waals surface area contributed by atoms with Crippen LogP contribution in [0.1, 0.15) is 19.4 Å². The highest BCUT2D eigenvalue weighted by atomic mass is 35.5. The second-order valence-electron chi connectivity index (χ2n) is 4.24. The first-order valence-corrected chi connectivity index (χ1v) is 5.72. The molecule has 0 aliphatic carbocycles. The Morgan fingerprint density at radius 1 is 1.41 bits per heavy atom. The van der Waals surface area contributed by atoms with Crippen LogP contribution >= 0.6 is 23.2 Å². The second-order valence-corrected chi connectivity index (χ2v) is 5.03. The van der Waals surface area contributed by atoms with Gasteiger partial charge >= 0.3 is 0 Å². The maximum Gasteiger partial charge on any atom is 0.244 e. The van der Waals surface area contributed by atoms with Gasteiger partial charge in [0.1, 0.15) is 5.41 Å². The maximum absolute atomic E-state index is 11.8. The molecular weight excluding hydrogens is 259 g/mol. The molecule has 5 heteroatoms. The number of halogens is 2. The summed E-state index contributed by atoms with van der Waals surface area (Å²) in [6, 6.07) is 5.33. The van der Waals surface area contributed by atoms with E-state index < -0.39 is 11.3 Å². The Balaban J connectivity index is 3.10. The lowest BCUT2D eigenvalue weighted by Crippen LogP contribution is -2.29. The minimum Gasteiger partial charge on any atom is -0.322 e. The molecule has 0 bridgehead atoms. The van der Waals surface area contributed by atoms with Crippen LogP contribution < -0.4 is 5.32 Å². The van der Waals surface area contributed by atoms with Crippen LogP contribution in [0, 0.1) is 23.7 Å². The van der Waals surface area contributed by atoms with Gasteiger partial charge in [-0.2, -0.15) is 5.26 Å². The van der Waals surface area contributed by atoms with Crippen LogP contribution in [-0.4, -0.2) is 5.91 Å². The van der Waals surface area contributed by atoms with E-state index in [2.05, 4.69) is 5.32 Å². The molecule has 90 valence electrons. The summed E-state index contributed by atoms with van der Waals surface area (Å²) in [5.41, 5.74) is 0.0268. The summed E-state index contributed by atoms with van der Waals surface area (Å²) < 4.78 is 0. The van der Waals surface area contributed by atoms with Gasteiger partial charge in [-0.1, -0.05) is 29.3 Å². The predicted octanol–water partition coefficient (Wildman–Crippen LogP) is 3.79. The normalized spacial score (nSPS) is 10.8. The number of nitrogens with one attached hydrogen (secondary N) is 1. The number of carbonyl (C=O) groups is 1. The lowest BCUT2D eigenvalue weighted by molar-refractivity contribution is -0.121. The fraction of sp³-hybridized carbons (Fsp3) is 0.333. The minimum atomic E-state index is -1.13. The molecule has 0 aliphatic rings. The molecular formula is C12H12Cl2N2O. The number of aryl methyl sites for hydroxylation is 1. The van der Waals surface area contributed by atoms with Crippen LogP contribution in [0.25, 0.3) is 0 Å². The zero-order valence-corrected chi connectivity index (χ0v) is 11.3. The summed E-state index contributed by atoms with van der Waals surface area (Å²) in [4.78, 5) is 11.8. The molecule has 0 heterocycles. The number of carbonyl (C=O) groups excluding carboxylic acids is 1. The Morgan fingerprint density at radius 2 is 2.00 bits per heavy atom. The van der Waals surface area contributed by atoms with Crippen molar-refractivity contribution in [2.75, 3.05) is 5.32 Å². The quantitative estimate of drug-likeness (QED) is 0.889. The summed E-state index contributed by atoms with van der Waals surface area (Å²) in [5, 5.41) is 12.2. The average molecular weight is 271 g/mol. The standard InChI is InChI=1S/C12H12Cl2N2O/c1-7-4-5-8(13)10(9(7)14)16-11(17)12(2,3)6-15/h4-5H,1-3H3,(H,16,17). The topological polar surface area (TPSA) is 52.9 Å². The van der Waals surface area contributed by atoms with Crippen molar-refractivity contribution in [1.82, 2.24) is 0 Å². The van der Waals surface area contributed by atoms with Crippen molar-refractivity contribution in [1.29, 1.82) is 5.26 Å². The van der Waals surface area contributed by atoms with E-state index in [4.69, 9.17) is 28.5 Å². The van der Waals surface area contributed by atoms with E-state index in [0.717, 1.165) is 5.56 Å². The van der Waals surface area contributed by atoms with Crippen molar-refractivity contribution < 1.29 is 4.79 Å². The summed E-state index contributed by atoms with van der Waals surface area (Å²) in [5.74, 6) is -0.436. The lowest BCUT2D eigenvalue weighted by atomic mass is 9.94. The first kappa shape index (κ1) is 13.8. The number of hydrogen-bond acceptors (Lipinski definition) is 2. The van der Waals surface area contributed by atoms with Crippen molar-refractivity contribution in [3.05, 3.63) is 27.7 Å². The van der Waals surface area contributed by atoms with Gasteiger partial charge in [0.15, 0.2) is 0 Å². The number of anilines is 1. The molecule has 0 fully saturated rings. The summed E-state index contributed by atoms with van der Waals surface area (Å²) in [6.45, 7) is 4.86. The van der Waals surface area contributed by atoms with E-state index in [1.807, 2.05) is 13.0 Å². The molecule has 0 saturated heterocycles. The number of amides is 1. The summed E-state index contributed by atoms with van der Waals surface area (Å²) in [6.07, 6.45) is 0. The molecule has 0 spiro atoms.